The molecular weight excluding hydrogens is 264 g/mol. The zero-order valence-corrected chi connectivity index (χ0v) is 12.0. The molecule has 0 saturated heterocycles. The van der Waals surface area contributed by atoms with Crippen LogP contribution in [0, 0.1) is 5.92 Å². The number of benzene rings is 1. The molecule has 0 aromatic heterocycles. The van der Waals surface area contributed by atoms with Gasteiger partial charge >= 0.3 is 0 Å². The Kier molecular flexibility index (Phi) is 4.13. The lowest BCUT2D eigenvalue weighted by Gasteiger charge is -2.33. The molecule has 1 aromatic rings. The lowest BCUT2D eigenvalue weighted by atomic mass is 9.83. The third-order valence-electron chi connectivity index (χ3n) is 3.45. The van der Waals surface area contributed by atoms with E-state index < -0.39 is 10.0 Å². The van der Waals surface area contributed by atoms with E-state index in [1.807, 2.05) is 0 Å². The molecule has 1 aromatic carbocycles. The third kappa shape index (κ3) is 3.08. The van der Waals surface area contributed by atoms with Crippen molar-refractivity contribution in [1.29, 1.82) is 0 Å². The minimum atomic E-state index is -3.55. The van der Waals surface area contributed by atoms with Crippen LogP contribution in [-0.2, 0) is 16.6 Å². The van der Waals surface area contributed by atoms with E-state index >= 15 is 0 Å². The molecule has 3 N–H and O–H groups in total. The van der Waals surface area contributed by atoms with Gasteiger partial charge in [-0.15, -0.1) is 0 Å². The van der Waals surface area contributed by atoms with Gasteiger partial charge in [-0.1, -0.05) is 13.0 Å². The number of nitrogens with one attached hydrogen (secondary N) is 1. The lowest BCUT2D eigenvalue weighted by molar-refractivity contribution is 0.270. The molecule has 2 rings (SSSR count). The SMILES string of the molecule is COc1ccc(CN)cc1S(=O)(=O)NC1CC(C)C1. The molecule has 0 atom stereocenters. The highest BCUT2D eigenvalue weighted by atomic mass is 32.2. The van der Waals surface area contributed by atoms with Gasteiger partial charge in [0.1, 0.15) is 10.6 Å². The van der Waals surface area contributed by atoms with Crippen molar-refractivity contribution in [3.63, 3.8) is 0 Å². The molecule has 1 aliphatic carbocycles. The maximum Gasteiger partial charge on any atom is 0.244 e. The Labute approximate surface area is 114 Å². The van der Waals surface area contributed by atoms with Crippen molar-refractivity contribution in [3.8, 4) is 5.75 Å². The number of nitrogens with two attached hydrogens (primary N) is 1. The Morgan fingerprint density at radius 1 is 1.42 bits per heavy atom. The van der Waals surface area contributed by atoms with Crippen LogP contribution in [0.5, 0.6) is 5.75 Å². The van der Waals surface area contributed by atoms with Gasteiger partial charge in [0.2, 0.25) is 10.0 Å². The first-order valence-electron chi connectivity index (χ1n) is 6.35. The van der Waals surface area contributed by atoms with Crippen LogP contribution >= 0.6 is 0 Å². The van der Waals surface area contributed by atoms with E-state index in [1.54, 1.807) is 18.2 Å². The van der Waals surface area contributed by atoms with Crippen molar-refractivity contribution in [3.05, 3.63) is 23.8 Å². The summed E-state index contributed by atoms with van der Waals surface area (Å²) in [4.78, 5) is 0.164. The van der Waals surface area contributed by atoms with E-state index in [9.17, 15) is 8.42 Å². The highest BCUT2D eigenvalue weighted by molar-refractivity contribution is 7.89. The Morgan fingerprint density at radius 2 is 2.11 bits per heavy atom. The maximum absolute atomic E-state index is 12.4. The van der Waals surface area contributed by atoms with E-state index in [0.717, 1.165) is 18.4 Å². The highest BCUT2D eigenvalue weighted by Crippen LogP contribution is 2.30. The van der Waals surface area contributed by atoms with Crippen molar-refractivity contribution in [1.82, 2.24) is 4.72 Å². The average Bonchev–Trinajstić information content (AvgIpc) is 2.36. The Bertz CT molecular complexity index is 551. The van der Waals surface area contributed by atoms with Crippen LogP contribution in [-0.4, -0.2) is 21.6 Å². The van der Waals surface area contributed by atoms with Crippen molar-refractivity contribution in [2.24, 2.45) is 11.7 Å². The second kappa shape index (κ2) is 5.48. The van der Waals surface area contributed by atoms with Gasteiger partial charge in [-0.2, -0.15) is 0 Å². The number of methoxy groups -OCH3 is 1. The van der Waals surface area contributed by atoms with Gasteiger partial charge in [0.05, 0.1) is 7.11 Å². The molecule has 1 fully saturated rings. The smallest absolute Gasteiger partial charge is 0.244 e. The van der Waals surface area contributed by atoms with Gasteiger partial charge in [-0.05, 0) is 36.5 Å². The first kappa shape index (κ1) is 14.3. The van der Waals surface area contributed by atoms with Crippen molar-refractivity contribution >= 4 is 10.0 Å². The molecule has 0 amide bonds. The van der Waals surface area contributed by atoms with Crippen LogP contribution in [0.3, 0.4) is 0 Å². The first-order chi connectivity index (χ1) is 8.96. The van der Waals surface area contributed by atoms with Crippen LogP contribution in [0.2, 0.25) is 0 Å². The van der Waals surface area contributed by atoms with Crippen molar-refractivity contribution in [2.75, 3.05) is 7.11 Å². The van der Waals surface area contributed by atoms with Crippen molar-refractivity contribution < 1.29 is 13.2 Å². The Hall–Kier alpha value is -1.11. The average molecular weight is 284 g/mol. The lowest BCUT2D eigenvalue weighted by Crippen LogP contribution is -2.43. The fourth-order valence-corrected chi connectivity index (χ4v) is 3.82. The van der Waals surface area contributed by atoms with E-state index in [4.69, 9.17) is 10.5 Å². The molecule has 19 heavy (non-hydrogen) atoms. The quantitative estimate of drug-likeness (QED) is 0.852. The topological polar surface area (TPSA) is 81.4 Å². The minimum Gasteiger partial charge on any atom is -0.495 e. The fraction of sp³-hybridized carbons (Fsp3) is 0.538. The fourth-order valence-electron chi connectivity index (χ4n) is 2.34. The second-order valence-electron chi connectivity index (χ2n) is 5.08. The normalized spacial score (nSPS) is 22.9. The summed E-state index contributed by atoms with van der Waals surface area (Å²) in [5.41, 5.74) is 6.32. The second-order valence-corrected chi connectivity index (χ2v) is 6.77. The van der Waals surface area contributed by atoms with Crippen LogP contribution in [0.25, 0.3) is 0 Å². The van der Waals surface area contributed by atoms with Crippen LogP contribution in [0.15, 0.2) is 23.1 Å². The predicted molar refractivity (Wildman–Crippen MR) is 73.4 cm³/mol. The molecule has 0 radical (unpaired) electrons. The number of rotatable bonds is 5. The highest BCUT2D eigenvalue weighted by Gasteiger charge is 2.31. The summed E-state index contributed by atoms with van der Waals surface area (Å²) < 4.78 is 32.6. The molecule has 0 aliphatic heterocycles. The van der Waals surface area contributed by atoms with Gasteiger partial charge in [0, 0.05) is 12.6 Å². The summed E-state index contributed by atoms with van der Waals surface area (Å²) in [6.07, 6.45) is 1.77. The van der Waals surface area contributed by atoms with E-state index in [0.29, 0.717) is 18.2 Å². The zero-order valence-electron chi connectivity index (χ0n) is 11.2. The van der Waals surface area contributed by atoms with Crippen LogP contribution in [0.4, 0.5) is 0 Å². The molecule has 0 heterocycles. The van der Waals surface area contributed by atoms with Gasteiger partial charge in [-0.3, -0.25) is 0 Å². The molecule has 5 nitrogen and oxygen atoms in total. The summed E-state index contributed by atoms with van der Waals surface area (Å²) in [5.74, 6) is 0.932. The predicted octanol–water partition coefficient (Wildman–Crippen LogP) is 1.23. The summed E-state index contributed by atoms with van der Waals surface area (Å²) in [5, 5.41) is 0. The molecule has 0 spiro atoms. The van der Waals surface area contributed by atoms with Gasteiger partial charge in [0.15, 0.2) is 0 Å². The standard InChI is InChI=1S/C13H20N2O3S/c1-9-5-11(6-9)15-19(16,17)13-7-10(8-14)3-4-12(13)18-2/h3-4,7,9,11,15H,5-6,8,14H2,1-2H3. The molecule has 0 unspecified atom stereocenters. The monoisotopic (exact) mass is 284 g/mol. The van der Waals surface area contributed by atoms with Gasteiger partial charge in [0.25, 0.3) is 0 Å². The van der Waals surface area contributed by atoms with E-state index in [1.165, 1.54) is 7.11 Å². The Balaban J connectivity index is 2.27. The molecule has 1 saturated carbocycles. The van der Waals surface area contributed by atoms with Gasteiger partial charge < -0.3 is 10.5 Å². The van der Waals surface area contributed by atoms with E-state index in [-0.39, 0.29) is 10.9 Å². The zero-order chi connectivity index (χ0) is 14.0. The maximum atomic E-state index is 12.4. The van der Waals surface area contributed by atoms with E-state index in [2.05, 4.69) is 11.6 Å². The number of hydrogen-bond acceptors (Lipinski definition) is 4. The van der Waals surface area contributed by atoms with Gasteiger partial charge in [-0.25, -0.2) is 13.1 Å². The largest absolute Gasteiger partial charge is 0.495 e. The summed E-state index contributed by atoms with van der Waals surface area (Å²) in [7, 11) is -2.09. The molecule has 1 aliphatic rings. The summed E-state index contributed by atoms with van der Waals surface area (Å²) in [6, 6.07) is 5.01. The van der Waals surface area contributed by atoms with Crippen molar-refractivity contribution in [2.45, 2.75) is 37.2 Å². The molecule has 0 bridgehead atoms. The molecular formula is C13H20N2O3S. The van der Waals surface area contributed by atoms with Crippen LogP contribution < -0.4 is 15.2 Å². The number of sulfonamides is 1. The Morgan fingerprint density at radius 3 is 2.63 bits per heavy atom. The minimum absolute atomic E-state index is 0.0336. The summed E-state index contributed by atoms with van der Waals surface area (Å²) in [6.45, 7) is 2.41. The summed E-state index contributed by atoms with van der Waals surface area (Å²) >= 11 is 0. The van der Waals surface area contributed by atoms with Crippen LogP contribution in [0.1, 0.15) is 25.3 Å². The molecule has 106 valence electrons. The number of ether oxygens (including phenoxy) is 1. The molecule has 6 heteroatoms. The number of hydrogen-bond donors (Lipinski definition) is 2. The third-order valence-corrected chi connectivity index (χ3v) is 4.99. The first-order valence-corrected chi connectivity index (χ1v) is 7.84.